The fourth-order valence-electron chi connectivity index (χ4n) is 2.48. The molecule has 6 nitrogen and oxygen atoms in total. The van der Waals surface area contributed by atoms with Gasteiger partial charge >= 0.3 is 0 Å². The van der Waals surface area contributed by atoms with Gasteiger partial charge in [-0.15, -0.1) is 0 Å². The summed E-state index contributed by atoms with van der Waals surface area (Å²) in [5, 5.41) is 6.85. The van der Waals surface area contributed by atoms with Crippen LogP contribution >= 0.6 is 0 Å². The lowest BCUT2D eigenvalue weighted by molar-refractivity contribution is -0.120. The largest absolute Gasteiger partial charge is 0.497 e. The number of amides is 1. The molecule has 0 radical (unpaired) electrons. The molecule has 2 aromatic carbocycles. The highest BCUT2D eigenvalue weighted by atomic mass is 16.5. The average Bonchev–Trinajstić information content (AvgIpc) is 3.12. The van der Waals surface area contributed by atoms with E-state index in [-0.39, 0.29) is 5.91 Å². The second-order valence-electron chi connectivity index (χ2n) is 6.00. The maximum absolute atomic E-state index is 12.0. The van der Waals surface area contributed by atoms with Crippen molar-refractivity contribution in [1.29, 1.82) is 0 Å². The third-order valence-electron chi connectivity index (χ3n) is 3.96. The van der Waals surface area contributed by atoms with Crippen LogP contribution in [0.25, 0.3) is 11.4 Å². The van der Waals surface area contributed by atoms with Crippen molar-refractivity contribution in [2.75, 3.05) is 13.7 Å². The SMILES string of the molecule is COc1ccc(CC(=O)NCCc2nc(-c3ccc(C)cc3)no2)cc1. The molecule has 0 aliphatic rings. The predicted octanol–water partition coefficient (Wildman–Crippen LogP) is 2.96. The molecule has 0 unspecified atom stereocenters. The van der Waals surface area contributed by atoms with Crippen molar-refractivity contribution in [3.05, 3.63) is 65.5 Å². The first kappa shape index (κ1) is 17.7. The molecule has 1 N–H and O–H groups in total. The van der Waals surface area contributed by atoms with Crippen LogP contribution < -0.4 is 10.1 Å². The molecular formula is C20H21N3O3. The van der Waals surface area contributed by atoms with E-state index in [1.165, 1.54) is 5.56 Å². The first-order valence-corrected chi connectivity index (χ1v) is 8.43. The quantitative estimate of drug-likeness (QED) is 0.708. The number of rotatable bonds is 7. The fraction of sp³-hybridized carbons (Fsp3) is 0.250. The minimum absolute atomic E-state index is 0.0477. The van der Waals surface area contributed by atoms with E-state index < -0.39 is 0 Å². The summed E-state index contributed by atoms with van der Waals surface area (Å²) in [7, 11) is 1.61. The molecule has 0 aliphatic carbocycles. The van der Waals surface area contributed by atoms with Gasteiger partial charge in [-0.25, -0.2) is 0 Å². The number of carbonyl (C=O) groups is 1. The summed E-state index contributed by atoms with van der Waals surface area (Å²) in [4.78, 5) is 16.4. The Bertz CT molecular complexity index is 855. The molecule has 1 amide bonds. The zero-order valence-corrected chi connectivity index (χ0v) is 14.9. The van der Waals surface area contributed by atoms with Crippen molar-refractivity contribution in [1.82, 2.24) is 15.5 Å². The molecule has 0 atom stereocenters. The molecule has 26 heavy (non-hydrogen) atoms. The van der Waals surface area contributed by atoms with Gasteiger partial charge in [-0.05, 0) is 24.6 Å². The number of nitrogens with zero attached hydrogens (tertiary/aromatic N) is 2. The third kappa shape index (κ3) is 4.69. The predicted molar refractivity (Wildman–Crippen MR) is 97.9 cm³/mol. The number of nitrogens with one attached hydrogen (secondary N) is 1. The van der Waals surface area contributed by atoms with Gasteiger partial charge in [0.25, 0.3) is 0 Å². The Kier molecular flexibility index (Phi) is 5.63. The normalized spacial score (nSPS) is 10.5. The van der Waals surface area contributed by atoms with Crippen LogP contribution in [-0.2, 0) is 17.6 Å². The molecule has 0 bridgehead atoms. The molecule has 1 heterocycles. The monoisotopic (exact) mass is 351 g/mol. The van der Waals surface area contributed by atoms with Crippen LogP contribution in [0.15, 0.2) is 53.1 Å². The Morgan fingerprint density at radius 2 is 1.85 bits per heavy atom. The standard InChI is InChI=1S/C20H21N3O3/c1-14-3-7-16(8-4-14)20-22-19(26-23-20)11-12-21-18(24)13-15-5-9-17(25-2)10-6-15/h3-10H,11-13H2,1-2H3,(H,21,24). The van der Waals surface area contributed by atoms with Crippen molar-refractivity contribution in [3.63, 3.8) is 0 Å². The highest BCUT2D eigenvalue weighted by Crippen LogP contribution is 2.16. The van der Waals surface area contributed by atoms with Gasteiger partial charge in [0.1, 0.15) is 5.75 Å². The van der Waals surface area contributed by atoms with Crippen molar-refractivity contribution in [2.24, 2.45) is 0 Å². The minimum Gasteiger partial charge on any atom is -0.497 e. The first-order valence-electron chi connectivity index (χ1n) is 8.43. The Hall–Kier alpha value is -3.15. The van der Waals surface area contributed by atoms with Crippen LogP contribution in [0.4, 0.5) is 0 Å². The summed E-state index contributed by atoms with van der Waals surface area (Å²) in [6.07, 6.45) is 0.815. The van der Waals surface area contributed by atoms with E-state index >= 15 is 0 Å². The van der Waals surface area contributed by atoms with E-state index in [0.717, 1.165) is 16.9 Å². The second kappa shape index (κ2) is 8.29. The highest BCUT2D eigenvalue weighted by molar-refractivity contribution is 5.78. The van der Waals surface area contributed by atoms with E-state index in [1.807, 2.05) is 55.5 Å². The Labute approximate surface area is 152 Å². The first-order chi connectivity index (χ1) is 12.6. The van der Waals surface area contributed by atoms with Gasteiger partial charge in [0.15, 0.2) is 0 Å². The summed E-state index contributed by atoms with van der Waals surface area (Å²) in [6, 6.07) is 15.4. The maximum atomic E-state index is 12.0. The van der Waals surface area contributed by atoms with Crippen LogP contribution in [0.2, 0.25) is 0 Å². The van der Waals surface area contributed by atoms with Gasteiger partial charge in [0, 0.05) is 18.5 Å². The minimum atomic E-state index is -0.0477. The van der Waals surface area contributed by atoms with Crippen molar-refractivity contribution in [2.45, 2.75) is 19.8 Å². The third-order valence-corrected chi connectivity index (χ3v) is 3.96. The molecule has 0 aliphatic heterocycles. The van der Waals surface area contributed by atoms with Crippen molar-refractivity contribution in [3.8, 4) is 17.1 Å². The number of hydrogen-bond acceptors (Lipinski definition) is 5. The molecule has 6 heteroatoms. The van der Waals surface area contributed by atoms with Gasteiger partial charge in [-0.2, -0.15) is 4.98 Å². The second-order valence-corrected chi connectivity index (χ2v) is 6.00. The van der Waals surface area contributed by atoms with Crippen LogP contribution in [-0.4, -0.2) is 29.7 Å². The van der Waals surface area contributed by atoms with Crippen molar-refractivity contribution < 1.29 is 14.1 Å². The number of benzene rings is 2. The zero-order chi connectivity index (χ0) is 18.4. The number of aromatic nitrogens is 2. The summed E-state index contributed by atoms with van der Waals surface area (Å²) in [5.41, 5.74) is 3.02. The number of aryl methyl sites for hydroxylation is 1. The summed E-state index contributed by atoms with van der Waals surface area (Å²) >= 11 is 0. The Morgan fingerprint density at radius 1 is 1.12 bits per heavy atom. The zero-order valence-electron chi connectivity index (χ0n) is 14.9. The molecular weight excluding hydrogens is 330 g/mol. The average molecular weight is 351 g/mol. The molecule has 0 fully saturated rings. The lowest BCUT2D eigenvalue weighted by Gasteiger charge is -2.05. The van der Waals surface area contributed by atoms with Gasteiger partial charge in [-0.1, -0.05) is 47.1 Å². The molecule has 0 saturated heterocycles. The lowest BCUT2D eigenvalue weighted by atomic mass is 10.1. The fourth-order valence-corrected chi connectivity index (χ4v) is 2.48. The smallest absolute Gasteiger partial charge is 0.228 e. The topological polar surface area (TPSA) is 77.2 Å². The molecule has 3 aromatic rings. The molecule has 1 aromatic heterocycles. The Morgan fingerprint density at radius 3 is 2.54 bits per heavy atom. The summed E-state index contributed by atoms with van der Waals surface area (Å²) in [6.45, 7) is 2.48. The molecule has 3 rings (SSSR count). The van der Waals surface area contributed by atoms with E-state index in [0.29, 0.717) is 31.1 Å². The summed E-state index contributed by atoms with van der Waals surface area (Å²) < 4.78 is 10.4. The van der Waals surface area contributed by atoms with Gasteiger partial charge in [0.05, 0.1) is 13.5 Å². The van der Waals surface area contributed by atoms with E-state index in [9.17, 15) is 4.79 Å². The number of ether oxygens (including phenoxy) is 1. The lowest BCUT2D eigenvalue weighted by Crippen LogP contribution is -2.27. The van der Waals surface area contributed by atoms with Gasteiger partial charge < -0.3 is 14.6 Å². The van der Waals surface area contributed by atoms with Crippen LogP contribution in [0, 0.1) is 6.92 Å². The number of hydrogen-bond donors (Lipinski definition) is 1. The van der Waals surface area contributed by atoms with E-state index in [1.54, 1.807) is 7.11 Å². The van der Waals surface area contributed by atoms with Crippen LogP contribution in [0.5, 0.6) is 5.75 Å². The van der Waals surface area contributed by atoms with Gasteiger partial charge in [-0.3, -0.25) is 4.79 Å². The van der Waals surface area contributed by atoms with Crippen LogP contribution in [0.1, 0.15) is 17.0 Å². The molecule has 0 spiro atoms. The van der Waals surface area contributed by atoms with Crippen molar-refractivity contribution >= 4 is 5.91 Å². The molecule has 134 valence electrons. The molecule has 0 saturated carbocycles. The van der Waals surface area contributed by atoms with Crippen LogP contribution in [0.3, 0.4) is 0 Å². The van der Waals surface area contributed by atoms with Gasteiger partial charge in [0.2, 0.25) is 17.6 Å². The number of methoxy groups -OCH3 is 1. The van der Waals surface area contributed by atoms with E-state index in [2.05, 4.69) is 15.5 Å². The maximum Gasteiger partial charge on any atom is 0.228 e. The Balaban J connectivity index is 1.47. The summed E-state index contributed by atoms with van der Waals surface area (Å²) in [5.74, 6) is 1.79. The highest BCUT2D eigenvalue weighted by Gasteiger charge is 2.09. The number of carbonyl (C=O) groups excluding carboxylic acids is 1. The van der Waals surface area contributed by atoms with E-state index in [4.69, 9.17) is 9.26 Å².